The van der Waals surface area contributed by atoms with Crippen molar-refractivity contribution in [2.45, 2.75) is 6.92 Å². The minimum atomic E-state index is 0.876. The maximum Gasteiger partial charge on any atom is 0.141 e. The molecule has 4 aromatic rings. The molecule has 0 atom stereocenters. The molecule has 0 aliphatic rings. The first-order chi connectivity index (χ1) is 12.3. The van der Waals surface area contributed by atoms with Crippen molar-refractivity contribution in [3.05, 3.63) is 84.6 Å². The Morgan fingerprint density at radius 1 is 0.920 bits per heavy atom. The van der Waals surface area contributed by atoms with Gasteiger partial charge in [0.25, 0.3) is 0 Å². The first kappa shape index (κ1) is 15.0. The van der Waals surface area contributed by atoms with E-state index < -0.39 is 0 Å². The van der Waals surface area contributed by atoms with Crippen LogP contribution in [0.1, 0.15) is 11.1 Å². The van der Waals surface area contributed by atoms with Gasteiger partial charge < -0.3 is 0 Å². The van der Waals surface area contributed by atoms with E-state index in [4.69, 9.17) is 5.10 Å². The van der Waals surface area contributed by atoms with E-state index in [0.29, 0.717) is 0 Å². The molecule has 2 aromatic carbocycles. The minimum absolute atomic E-state index is 0.876. The third kappa shape index (κ3) is 3.10. The number of nitrogens with zero attached hydrogens (tertiary/aromatic N) is 6. The summed E-state index contributed by atoms with van der Waals surface area (Å²) in [6, 6.07) is 18.2. The van der Waals surface area contributed by atoms with E-state index in [2.05, 4.69) is 34.4 Å². The first-order valence-electron chi connectivity index (χ1n) is 7.91. The molecule has 2 aromatic heterocycles. The lowest BCUT2D eigenvalue weighted by molar-refractivity contribution is 0.874. The van der Waals surface area contributed by atoms with Crippen LogP contribution in [-0.2, 0) is 0 Å². The molecule has 0 spiro atoms. The van der Waals surface area contributed by atoms with Gasteiger partial charge in [0.1, 0.15) is 18.3 Å². The molecule has 122 valence electrons. The zero-order valence-corrected chi connectivity index (χ0v) is 13.7. The van der Waals surface area contributed by atoms with E-state index in [-0.39, 0.29) is 0 Å². The molecule has 0 unspecified atom stereocenters. The van der Waals surface area contributed by atoms with Crippen LogP contribution in [0.25, 0.3) is 16.9 Å². The van der Waals surface area contributed by atoms with Gasteiger partial charge in [-0.15, -0.1) is 10.2 Å². The van der Waals surface area contributed by atoms with Crippen molar-refractivity contribution in [1.29, 1.82) is 0 Å². The summed E-state index contributed by atoms with van der Waals surface area (Å²) in [6.07, 6.45) is 6.85. The van der Waals surface area contributed by atoms with Gasteiger partial charge in [-0.05, 0) is 18.6 Å². The third-order valence-electron chi connectivity index (χ3n) is 3.89. The summed E-state index contributed by atoms with van der Waals surface area (Å²) in [7, 11) is 0. The molecule has 25 heavy (non-hydrogen) atoms. The lowest BCUT2D eigenvalue weighted by atomic mass is 10.1. The molecule has 0 N–H and O–H groups in total. The molecule has 0 aliphatic carbocycles. The van der Waals surface area contributed by atoms with E-state index in [9.17, 15) is 0 Å². The predicted molar refractivity (Wildman–Crippen MR) is 96.8 cm³/mol. The van der Waals surface area contributed by atoms with Crippen LogP contribution in [0.3, 0.4) is 0 Å². The number of hydrogen-bond acceptors (Lipinski definition) is 4. The fourth-order valence-electron chi connectivity index (χ4n) is 2.63. The van der Waals surface area contributed by atoms with E-state index in [1.807, 2.05) is 53.3 Å². The van der Waals surface area contributed by atoms with Crippen LogP contribution < -0.4 is 0 Å². The van der Waals surface area contributed by atoms with Crippen LogP contribution in [-0.4, -0.2) is 30.9 Å². The van der Waals surface area contributed by atoms with Crippen molar-refractivity contribution < 1.29 is 0 Å². The Morgan fingerprint density at radius 2 is 1.64 bits per heavy atom. The Kier molecular flexibility index (Phi) is 3.92. The molecule has 6 heteroatoms. The van der Waals surface area contributed by atoms with E-state index >= 15 is 0 Å². The van der Waals surface area contributed by atoms with Crippen LogP contribution in [0.4, 0.5) is 0 Å². The van der Waals surface area contributed by atoms with Gasteiger partial charge in [0.05, 0.1) is 11.9 Å². The number of aryl methyl sites for hydroxylation is 1. The number of aromatic nitrogens is 5. The van der Waals surface area contributed by atoms with Crippen LogP contribution in [0.2, 0.25) is 0 Å². The van der Waals surface area contributed by atoms with Gasteiger partial charge in [0, 0.05) is 17.3 Å². The van der Waals surface area contributed by atoms with E-state index in [1.54, 1.807) is 23.5 Å². The van der Waals surface area contributed by atoms with Gasteiger partial charge in [-0.25, -0.2) is 9.36 Å². The number of para-hydroxylation sites is 1. The van der Waals surface area contributed by atoms with Gasteiger partial charge in [-0.1, -0.05) is 48.5 Å². The highest BCUT2D eigenvalue weighted by Gasteiger charge is 2.11. The molecular formula is C19H16N6. The van der Waals surface area contributed by atoms with Crippen molar-refractivity contribution in [2.24, 2.45) is 5.10 Å². The summed E-state index contributed by atoms with van der Waals surface area (Å²) in [5, 5.41) is 16.7. The van der Waals surface area contributed by atoms with Crippen LogP contribution in [0, 0.1) is 6.92 Å². The average Bonchev–Trinajstić information content (AvgIpc) is 3.31. The molecular weight excluding hydrogens is 312 g/mol. The Bertz CT molecular complexity index is 1000. The maximum atomic E-state index is 4.80. The SMILES string of the molecule is Cc1ccccc1-n1cc(/C=N\n2cnnc2)c(-c2ccccc2)n1. The van der Waals surface area contributed by atoms with Crippen LogP contribution >= 0.6 is 0 Å². The maximum absolute atomic E-state index is 4.80. The van der Waals surface area contributed by atoms with E-state index in [1.165, 1.54) is 0 Å². The molecule has 2 heterocycles. The summed E-state index contributed by atoms with van der Waals surface area (Å²) in [5.41, 5.74) is 5.04. The van der Waals surface area contributed by atoms with Crippen LogP contribution in [0.15, 0.2) is 78.6 Å². The second-order valence-electron chi connectivity index (χ2n) is 5.62. The van der Waals surface area contributed by atoms with Crippen molar-refractivity contribution >= 4 is 6.21 Å². The second-order valence-corrected chi connectivity index (χ2v) is 5.62. The lowest BCUT2D eigenvalue weighted by Crippen LogP contribution is -1.97. The molecule has 4 rings (SSSR count). The summed E-state index contributed by atoms with van der Waals surface area (Å²) < 4.78 is 3.45. The zero-order valence-electron chi connectivity index (χ0n) is 13.7. The second kappa shape index (κ2) is 6.52. The monoisotopic (exact) mass is 328 g/mol. The summed E-state index contributed by atoms with van der Waals surface area (Å²) in [4.78, 5) is 0. The highest BCUT2D eigenvalue weighted by Crippen LogP contribution is 2.23. The largest absolute Gasteiger partial charge is 0.239 e. The highest BCUT2D eigenvalue weighted by molar-refractivity contribution is 5.88. The average molecular weight is 328 g/mol. The Balaban J connectivity index is 1.82. The van der Waals surface area contributed by atoms with E-state index in [0.717, 1.165) is 28.1 Å². The molecule has 0 radical (unpaired) electrons. The Morgan fingerprint density at radius 3 is 2.40 bits per heavy atom. The third-order valence-corrected chi connectivity index (χ3v) is 3.89. The normalized spacial score (nSPS) is 11.2. The molecule has 0 amide bonds. The Hall–Kier alpha value is -3.54. The van der Waals surface area contributed by atoms with Gasteiger partial charge in [-0.3, -0.25) is 0 Å². The number of hydrogen-bond donors (Lipinski definition) is 0. The fourth-order valence-corrected chi connectivity index (χ4v) is 2.63. The molecule has 0 saturated heterocycles. The first-order valence-corrected chi connectivity index (χ1v) is 7.91. The highest BCUT2D eigenvalue weighted by atomic mass is 15.4. The topological polar surface area (TPSA) is 60.9 Å². The van der Waals surface area contributed by atoms with Crippen LogP contribution in [0.5, 0.6) is 0 Å². The summed E-state index contributed by atoms with van der Waals surface area (Å²) in [5.74, 6) is 0. The molecule has 0 saturated carbocycles. The van der Waals surface area contributed by atoms with Crippen molar-refractivity contribution in [2.75, 3.05) is 0 Å². The molecule has 0 aliphatic heterocycles. The molecule has 0 bridgehead atoms. The minimum Gasteiger partial charge on any atom is -0.239 e. The van der Waals surface area contributed by atoms with Gasteiger partial charge >= 0.3 is 0 Å². The summed E-state index contributed by atoms with van der Waals surface area (Å²) in [6.45, 7) is 2.07. The number of rotatable bonds is 4. The standard InChI is InChI=1S/C19H16N6/c1-15-7-5-6-10-18(15)25-12-17(11-22-24-13-20-21-14-24)19(23-25)16-8-3-2-4-9-16/h2-14H,1H3/b22-11-. The summed E-state index contributed by atoms with van der Waals surface area (Å²) >= 11 is 0. The lowest BCUT2D eigenvalue weighted by Gasteiger charge is -2.04. The fraction of sp³-hybridized carbons (Fsp3) is 0.0526. The quantitative estimate of drug-likeness (QED) is 0.540. The predicted octanol–water partition coefficient (Wildman–Crippen LogP) is 3.32. The van der Waals surface area contributed by atoms with Gasteiger partial charge in [0.15, 0.2) is 0 Å². The van der Waals surface area contributed by atoms with Crippen molar-refractivity contribution in [3.63, 3.8) is 0 Å². The van der Waals surface area contributed by atoms with Gasteiger partial charge in [-0.2, -0.15) is 10.2 Å². The van der Waals surface area contributed by atoms with Gasteiger partial charge in [0.2, 0.25) is 0 Å². The van der Waals surface area contributed by atoms with Crippen molar-refractivity contribution in [3.8, 4) is 16.9 Å². The zero-order chi connectivity index (χ0) is 17.1. The molecule has 0 fully saturated rings. The number of benzene rings is 2. The smallest absolute Gasteiger partial charge is 0.141 e. The molecule has 6 nitrogen and oxygen atoms in total. The van der Waals surface area contributed by atoms with Crippen molar-refractivity contribution in [1.82, 2.24) is 24.7 Å². The Labute approximate surface area is 145 Å².